The third-order valence-corrected chi connectivity index (χ3v) is 13.3. The van der Waals surface area contributed by atoms with Crippen molar-refractivity contribution in [3.05, 3.63) is 88.7 Å². The summed E-state index contributed by atoms with van der Waals surface area (Å²) in [5, 5.41) is 3.97. The highest BCUT2D eigenvalue weighted by Gasteiger charge is 2.45. The lowest BCUT2D eigenvalue weighted by molar-refractivity contribution is 0.0719. The highest BCUT2D eigenvalue weighted by atomic mass is 32.3. The number of hydrogen-bond donors (Lipinski definition) is 1. The molecule has 0 spiro atoms. The molecule has 1 aromatic carbocycles. The second-order valence-corrected chi connectivity index (χ2v) is 19.1. The van der Waals surface area contributed by atoms with Crippen molar-refractivity contribution in [3.8, 4) is 0 Å². The number of rotatable bonds is 5. The van der Waals surface area contributed by atoms with Gasteiger partial charge < -0.3 is 10.2 Å². The molecular formula is C38H52N2S. The zero-order valence-electron chi connectivity index (χ0n) is 26.1. The molecule has 9 atom stereocenters. The topological polar surface area (TPSA) is 15.3 Å². The molecule has 2 aliphatic heterocycles. The van der Waals surface area contributed by atoms with Gasteiger partial charge in [0.2, 0.25) is 0 Å². The van der Waals surface area contributed by atoms with Crippen LogP contribution >= 0.6 is 10.0 Å². The van der Waals surface area contributed by atoms with E-state index in [9.17, 15) is 0 Å². The molecule has 2 saturated carbocycles. The summed E-state index contributed by atoms with van der Waals surface area (Å²) < 4.78 is 0. The maximum absolute atomic E-state index is 3.97. The molecule has 4 aliphatic carbocycles. The highest BCUT2D eigenvalue weighted by Crippen LogP contribution is 2.55. The van der Waals surface area contributed by atoms with E-state index in [2.05, 4.69) is 110 Å². The van der Waals surface area contributed by atoms with Crippen molar-refractivity contribution < 1.29 is 0 Å². The summed E-state index contributed by atoms with van der Waals surface area (Å²) >= 11 is 0. The summed E-state index contributed by atoms with van der Waals surface area (Å²) in [6, 6.07) is 12.0. The van der Waals surface area contributed by atoms with Gasteiger partial charge in [0.15, 0.2) is 0 Å². The van der Waals surface area contributed by atoms with E-state index < -0.39 is 10.0 Å². The van der Waals surface area contributed by atoms with Crippen molar-refractivity contribution in [2.75, 3.05) is 23.7 Å². The standard InChI is InChI=1S/C38H52N2S/c1-25-18-27-12-11-13-28(20-27)32(25)21-29-22-35(39-24-38(29)41(3,4)5)33-23-34-31-16-9-10-17-36(31)40(37(34)19-26(33)2)30-14-7-6-8-15-30/h6-9,14-16,19,22-28,31-33,35-36,39H,10-13,17-18,20-21H2,1-5H3. The van der Waals surface area contributed by atoms with Crippen LogP contribution in [0.25, 0.3) is 0 Å². The van der Waals surface area contributed by atoms with E-state index in [4.69, 9.17) is 0 Å². The van der Waals surface area contributed by atoms with Crippen LogP contribution in [0.1, 0.15) is 65.2 Å². The van der Waals surface area contributed by atoms with Gasteiger partial charge in [-0.05, 0) is 104 Å². The van der Waals surface area contributed by atoms with Crippen molar-refractivity contribution in [2.45, 2.75) is 77.3 Å². The third kappa shape index (κ3) is 5.09. The lowest BCUT2D eigenvalue weighted by atomic mass is 9.61. The van der Waals surface area contributed by atoms with Crippen LogP contribution in [0.3, 0.4) is 0 Å². The molecule has 0 aromatic heterocycles. The Balaban J connectivity index is 1.21. The molecule has 2 bridgehead atoms. The second kappa shape index (κ2) is 10.9. The normalized spacial score (nSPS) is 38.6. The van der Waals surface area contributed by atoms with E-state index in [-0.39, 0.29) is 0 Å². The molecular weight excluding hydrogens is 516 g/mol. The minimum absolute atomic E-state index is 0.366. The van der Waals surface area contributed by atoms with Gasteiger partial charge in [-0.25, -0.2) is 10.0 Å². The van der Waals surface area contributed by atoms with E-state index >= 15 is 0 Å². The van der Waals surface area contributed by atoms with Gasteiger partial charge in [-0.1, -0.05) is 81.7 Å². The maximum atomic E-state index is 3.97. The molecule has 1 saturated heterocycles. The molecule has 0 amide bonds. The van der Waals surface area contributed by atoms with Gasteiger partial charge in [-0.15, -0.1) is 0 Å². The van der Waals surface area contributed by atoms with Crippen LogP contribution in [-0.2, 0) is 0 Å². The lowest BCUT2D eigenvalue weighted by Gasteiger charge is -2.46. The van der Waals surface area contributed by atoms with Crippen LogP contribution in [0, 0.1) is 41.4 Å². The fourth-order valence-corrected chi connectivity index (χ4v) is 11.0. The first-order chi connectivity index (χ1) is 19.8. The summed E-state index contributed by atoms with van der Waals surface area (Å²) in [5.74, 6) is 5.15. The fourth-order valence-electron chi connectivity index (χ4n) is 9.64. The monoisotopic (exact) mass is 568 g/mol. The SMILES string of the molecule is CC1C=C2C(=CC1C1C=C(CC3C(C)CC4CCCC3C4)C(S(C)(C)C)=CN1)C1C=CCCC1N2c1ccccc1. The summed E-state index contributed by atoms with van der Waals surface area (Å²) in [6.45, 7) is 5.04. The number of nitrogens with zero attached hydrogens (tertiary/aromatic N) is 1. The predicted octanol–water partition coefficient (Wildman–Crippen LogP) is 9.20. The Morgan fingerprint density at radius 1 is 0.951 bits per heavy atom. The number of hydrogen-bond acceptors (Lipinski definition) is 2. The van der Waals surface area contributed by atoms with Crippen LogP contribution in [0.4, 0.5) is 5.69 Å². The Morgan fingerprint density at radius 3 is 2.59 bits per heavy atom. The first-order valence-corrected chi connectivity index (χ1v) is 19.4. The molecule has 2 heterocycles. The van der Waals surface area contributed by atoms with Gasteiger partial charge in [0.25, 0.3) is 0 Å². The molecule has 3 heteroatoms. The van der Waals surface area contributed by atoms with Crippen LogP contribution in [-0.4, -0.2) is 30.9 Å². The maximum Gasteiger partial charge on any atom is 0.0513 e. The average Bonchev–Trinajstić information content (AvgIpc) is 3.27. The Labute approximate surface area is 251 Å². The molecule has 6 aliphatic rings. The van der Waals surface area contributed by atoms with Crippen LogP contribution in [0.2, 0.25) is 0 Å². The molecule has 9 unspecified atom stereocenters. The molecule has 1 N–H and O–H groups in total. The number of allylic oxidation sites excluding steroid dienone is 4. The highest BCUT2D eigenvalue weighted by molar-refractivity contribution is 8.35. The quantitative estimate of drug-likeness (QED) is 0.356. The van der Waals surface area contributed by atoms with Gasteiger partial charge in [-0.2, -0.15) is 0 Å². The average molecular weight is 569 g/mol. The van der Waals surface area contributed by atoms with Gasteiger partial charge in [0.1, 0.15) is 0 Å². The van der Waals surface area contributed by atoms with E-state index in [1.807, 2.05) is 0 Å². The minimum Gasteiger partial charge on any atom is -0.383 e. The lowest BCUT2D eigenvalue weighted by Crippen LogP contribution is -2.39. The number of dihydropyridines is 1. The van der Waals surface area contributed by atoms with E-state index in [0.29, 0.717) is 29.8 Å². The Hall–Kier alpha value is -2.13. The molecule has 1 aromatic rings. The van der Waals surface area contributed by atoms with Crippen LogP contribution in [0.5, 0.6) is 0 Å². The minimum atomic E-state index is -0.813. The predicted molar refractivity (Wildman–Crippen MR) is 179 cm³/mol. The van der Waals surface area contributed by atoms with Crippen molar-refractivity contribution in [3.63, 3.8) is 0 Å². The Kier molecular flexibility index (Phi) is 7.33. The second-order valence-electron chi connectivity index (χ2n) is 15.0. The number of para-hydroxylation sites is 1. The molecule has 3 fully saturated rings. The molecule has 41 heavy (non-hydrogen) atoms. The van der Waals surface area contributed by atoms with Gasteiger partial charge in [-0.3, -0.25) is 0 Å². The Morgan fingerprint density at radius 2 is 1.78 bits per heavy atom. The van der Waals surface area contributed by atoms with E-state index in [0.717, 1.165) is 23.7 Å². The Bertz CT molecular complexity index is 1290. The number of benzene rings is 1. The molecule has 2 nitrogen and oxygen atoms in total. The largest absolute Gasteiger partial charge is 0.383 e. The van der Waals surface area contributed by atoms with Crippen LogP contribution < -0.4 is 10.2 Å². The van der Waals surface area contributed by atoms with E-state index in [1.165, 1.54) is 62.8 Å². The summed E-state index contributed by atoms with van der Waals surface area (Å²) in [4.78, 5) is 4.29. The molecule has 0 radical (unpaired) electrons. The van der Waals surface area contributed by atoms with Gasteiger partial charge in [0, 0.05) is 40.4 Å². The zero-order chi connectivity index (χ0) is 28.3. The number of fused-ring (bicyclic) bond motifs is 5. The number of nitrogens with one attached hydrogen (secondary N) is 1. The molecule has 7 rings (SSSR count). The zero-order valence-corrected chi connectivity index (χ0v) is 26.9. The fraction of sp³-hybridized carbons (Fsp3) is 0.579. The van der Waals surface area contributed by atoms with Gasteiger partial charge >= 0.3 is 0 Å². The van der Waals surface area contributed by atoms with Crippen molar-refractivity contribution in [1.29, 1.82) is 0 Å². The molecule has 220 valence electrons. The van der Waals surface area contributed by atoms with Crippen molar-refractivity contribution >= 4 is 15.7 Å². The van der Waals surface area contributed by atoms with Gasteiger partial charge in [0.05, 0.1) is 6.04 Å². The summed E-state index contributed by atoms with van der Waals surface area (Å²) in [7, 11) is -0.813. The first-order valence-electron chi connectivity index (χ1n) is 16.6. The third-order valence-electron chi connectivity index (χ3n) is 11.6. The summed E-state index contributed by atoms with van der Waals surface area (Å²) in [6.07, 6.45) is 34.0. The smallest absolute Gasteiger partial charge is 0.0513 e. The van der Waals surface area contributed by atoms with Crippen molar-refractivity contribution in [1.82, 2.24) is 5.32 Å². The summed E-state index contributed by atoms with van der Waals surface area (Å²) in [5.41, 5.74) is 6.08. The van der Waals surface area contributed by atoms with Crippen LogP contribution in [0.15, 0.2) is 88.7 Å². The first kappa shape index (κ1) is 27.7. The van der Waals surface area contributed by atoms with Crippen molar-refractivity contribution in [2.24, 2.45) is 41.4 Å². The van der Waals surface area contributed by atoms with E-state index in [1.54, 1.807) is 16.1 Å². The number of anilines is 1.